The van der Waals surface area contributed by atoms with Crippen LogP contribution in [0.5, 0.6) is 0 Å². The summed E-state index contributed by atoms with van der Waals surface area (Å²) in [7, 11) is 0. The van der Waals surface area contributed by atoms with Crippen molar-refractivity contribution >= 4 is 39.9 Å². The number of carbonyl (C=O) groups is 1. The highest BCUT2D eigenvalue weighted by molar-refractivity contribution is 8.01. The van der Waals surface area contributed by atoms with Crippen molar-refractivity contribution in [3.63, 3.8) is 0 Å². The van der Waals surface area contributed by atoms with E-state index in [0.29, 0.717) is 12.1 Å². The van der Waals surface area contributed by atoms with Crippen LogP contribution in [0.1, 0.15) is 41.6 Å². The molecule has 1 aromatic carbocycles. The molecule has 2 atom stereocenters. The van der Waals surface area contributed by atoms with Gasteiger partial charge in [0.1, 0.15) is 10.0 Å². The number of hydrogen-bond acceptors (Lipinski definition) is 6. The summed E-state index contributed by atoms with van der Waals surface area (Å²) >= 11 is 2.98. The van der Waals surface area contributed by atoms with Gasteiger partial charge in [0.25, 0.3) is 5.91 Å². The maximum absolute atomic E-state index is 13.0. The molecule has 2 unspecified atom stereocenters. The molecule has 6 nitrogen and oxygen atoms in total. The van der Waals surface area contributed by atoms with Crippen molar-refractivity contribution in [2.24, 2.45) is 5.92 Å². The molecule has 4 rings (SSSR count). The Morgan fingerprint density at radius 3 is 3.00 bits per heavy atom. The van der Waals surface area contributed by atoms with Crippen LogP contribution in [0.4, 0.5) is 0 Å². The van der Waals surface area contributed by atoms with Crippen LogP contribution in [-0.2, 0) is 0 Å². The second-order valence-electron chi connectivity index (χ2n) is 8.03. The van der Waals surface area contributed by atoms with E-state index in [1.165, 1.54) is 49.0 Å². The predicted octanol–water partition coefficient (Wildman–Crippen LogP) is 2.98. The lowest BCUT2D eigenvalue weighted by Gasteiger charge is -2.27. The number of fused-ring (bicyclic) bond motifs is 1. The normalized spacial score (nSPS) is 19.1. The Labute approximate surface area is 185 Å². The van der Waals surface area contributed by atoms with Crippen LogP contribution in [0.25, 0.3) is 10.9 Å². The quantitative estimate of drug-likeness (QED) is 0.551. The van der Waals surface area contributed by atoms with Gasteiger partial charge in [0, 0.05) is 24.3 Å². The summed E-state index contributed by atoms with van der Waals surface area (Å²) in [6.45, 7) is 8.62. The number of hydrogen-bond donors (Lipinski definition) is 2. The van der Waals surface area contributed by atoms with Crippen LogP contribution >= 0.6 is 23.1 Å². The Hall–Kier alpha value is -2.03. The van der Waals surface area contributed by atoms with Crippen LogP contribution in [-0.4, -0.2) is 47.3 Å². The average Bonchev–Trinajstić information content (AvgIpc) is 3.15. The summed E-state index contributed by atoms with van der Waals surface area (Å²) in [5.74, 6) is 0.783. The smallest absolute Gasteiger partial charge is 0.252 e. The average molecular weight is 443 g/mol. The van der Waals surface area contributed by atoms with Gasteiger partial charge >= 0.3 is 0 Å². The summed E-state index contributed by atoms with van der Waals surface area (Å²) in [6.07, 6.45) is 3.68. The lowest BCUT2D eigenvalue weighted by Crippen LogP contribution is -3.13. The van der Waals surface area contributed by atoms with Crippen LogP contribution in [0, 0.1) is 12.8 Å². The lowest BCUT2D eigenvalue weighted by atomic mass is 10.0. The standard InChI is InChI=1S/C22H27N5OS2/c1-15-7-5-11-27(14-15)12-6-10-23-21(28)18-13-20(30-22-26-25-16(2)29-22)24-19-9-4-3-8-17(18)19/h3-4,8-9,13,15H,5-7,10-12,14H2,1-2H3,(H,23,28)/p+1. The highest BCUT2D eigenvalue weighted by atomic mass is 32.2. The Balaban J connectivity index is 1.43. The number of amides is 1. The van der Waals surface area contributed by atoms with E-state index in [2.05, 4.69) is 22.4 Å². The van der Waals surface area contributed by atoms with E-state index in [1.54, 1.807) is 4.90 Å². The Morgan fingerprint density at radius 2 is 2.20 bits per heavy atom. The first kappa shape index (κ1) is 21.2. The molecule has 8 heteroatoms. The molecule has 0 spiro atoms. The number of piperidine rings is 1. The SMILES string of the molecule is Cc1nnc(Sc2cc(C(=O)NCCC[NH+]3CCCC(C)C3)c3ccccc3n2)s1. The van der Waals surface area contributed by atoms with E-state index in [4.69, 9.17) is 4.98 Å². The van der Waals surface area contributed by atoms with E-state index < -0.39 is 0 Å². The molecule has 1 aliphatic heterocycles. The van der Waals surface area contributed by atoms with E-state index in [-0.39, 0.29) is 5.91 Å². The highest BCUT2D eigenvalue weighted by Crippen LogP contribution is 2.31. The van der Waals surface area contributed by atoms with Gasteiger partial charge < -0.3 is 10.2 Å². The van der Waals surface area contributed by atoms with Gasteiger partial charge in [-0.15, -0.1) is 10.2 Å². The summed E-state index contributed by atoms with van der Waals surface area (Å²) < 4.78 is 0.834. The van der Waals surface area contributed by atoms with Crippen molar-refractivity contribution in [2.75, 3.05) is 26.2 Å². The second-order valence-corrected chi connectivity index (χ2v) is 10.5. The van der Waals surface area contributed by atoms with Gasteiger partial charge in [-0.25, -0.2) is 4.98 Å². The number of rotatable bonds is 7. The van der Waals surface area contributed by atoms with E-state index in [1.807, 2.05) is 37.3 Å². The molecule has 3 aromatic rings. The number of carbonyl (C=O) groups excluding carboxylic acids is 1. The third-order valence-corrected chi connectivity index (χ3v) is 7.30. The zero-order chi connectivity index (χ0) is 20.9. The third-order valence-electron chi connectivity index (χ3n) is 5.49. The number of benzene rings is 1. The van der Waals surface area contributed by atoms with Gasteiger partial charge in [-0.2, -0.15) is 0 Å². The third kappa shape index (κ3) is 5.36. The minimum absolute atomic E-state index is 0.0362. The Morgan fingerprint density at radius 1 is 1.33 bits per heavy atom. The summed E-state index contributed by atoms with van der Waals surface area (Å²) in [4.78, 5) is 19.4. The zero-order valence-electron chi connectivity index (χ0n) is 17.5. The van der Waals surface area contributed by atoms with E-state index in [9.17, 15) is 4.79 Å². The Bertz CT molecular complexity index is 1020. The number of aryl methyl sites for hydroxylation is 1. The van der Waals surface area contributed by atoms with Gasteiger partial charge in [-0.05, 0) is 43.7 Å². The van der Waals surface area contributed by atoms with Crippen molar-refractivity contribution in [2.45, 2.75) is 42.5 Å². The molecule has 0 bridgehead atoms. The molecule has 1 fully saturated rings. The number of para-hydroxylation sites is 1. The molecule has 0 aliphatic carbocycles. The first-order valence-electron chi connectivity index (χ1n) is 10.6. The zero-order valence-corrected chi connectivity index (χ0v) is 19.1. The molecule has 0 radical (unpaired) electrons. The van der Waals surface area contributed by atoms with E-state index in [0.717, 1.165) is 44.2 Å². The van der Waals surface area contributed by atoms with Gasteiger partial charge in [0.05, 0.1) is 30.7 Å². The van der Waals surface area contributed by atoms with Gasteiger partial charge in [-0.3, -0.25) is 4.79 Å². The highest BCUT2D eigenvalue weighted by Gasteiger charge is 2.19. The minimum atomic E-state index is -0.0362. The molecule has 1 amide bonds. The molecule has 30 heavy (non-hydrogen) atoms. The van der Waals surface area contributed by atoms with Gasteiger partial charge in [0.2, 0.25) is 0 Å². The van der Waals surface area contributed by atoms with Crippen molar-refractivity contribution in [1.29, 1.82) is 0 Å². The maximum Gasteiger partial charge on any atom is 0.252 e. The minimum Gasteiger partial charge on any atom is -0.352 e. The molecule has 1 saturated heterocycles. The van der Waals surface area contributed by atoms with Gasteiger partial charge in [-0.1, -0.05) is 36.5 Å². The Kier molecular flexibility index (Phi) is 6.97. The second kappa shape index (κ2) is 9.85. The van der Waals surface area contributed by atoms with Crippen molar-refractivity contribution in [3.8, 4) is 0 Å². The fraction of sp³-hybridized carbons (Fsp3) is 0.455. The molecular weight excluding hydrogens is 414 g/mol. The van der Waals surface area contributed by atoms with Crippen LogP contribution in [0.15, 0.2) is 39.7 Å². The molecule has 158 valence electrons. The summed E-state index contributed by atoms with van der Waals surface area (Å²) in [5.41, 5.74) is 1.49. The first-order valence-corrected chi connectivity index (χ1v) is 12.2. The number of nitrogens with zero attached hydrogens (tertiary/aromatic N) is 3. The topological polar surface area (TPSA) is 72.2 Å². The number of likely N-dealkylation sites (tertiary alicyclic amines) is 1. The summed E-state index contributed by atoms with van der Waals surface area (Å²) in [5, 5.41) is 13.9. The predicted molar refractivity (Wildman–Crippen MR) is 121 cm³/mol. The molecule has 0 saturated carbocycles. The van der Waals surface area contributed by atoms with E-state index >= 15 is 0 Å². The molecule has 3 heterocycles. The van der Waals surface area contributed by atoms with Crippen molar-refractivity contribution in [3.05, 3.63) is 40.9 Å². The molecule has 2 N–H and O–H groups in total. The van der Waals surface area contributed by atoms with Crippen LogP contribution < -0.4 is 10.2 Å². The van der Waals surface area contributed by atoms with Crippen LogP contribution in [0.3, 0.4) is 0 Å². The monoisotopic (exact) mass is 442 g/mol. The fourth-order valence-electron chi connectivity index (χ4n) is 4.06. The molecular formula is C22H28N5OS2+. The lowest BCUT2D eigenvalue weighted by molar-refractivity contribution is -0.908. The van der Waals surface area contributed by atoms with Crippen LogP contribution in [0.2, 0.25) is 0 Å². The number of aromatic nitrogens is 3. The summed E-state index contributed by atoms with van der Waals surface area (Å²) in [6, 6.07) is 9.67. The number of pyridine rings is 1. The maximum atomic E-state index is 13.0. The molecule has 2 aromatic heterocycles. The van der Waals surface area contributed by atoms with Gasteiger partial charge in [0.15, 0.2) is 4.34 Å². The largest absolute Gasteiger partial charge is 0.352 e. The fourth-order valence-corrected chi connectivity index (χ4v) is 5.84. The number of quaternary nitrogens is 1. The van der Waals surface area contributed by atoms with Crippen molar-refractivity contribution in [1.82, 2.24) is 20.5 Å². The first-order chi connectivity index (χ1) is 14.6. The number of nitrogens with one attached hydrogen (secondary N) is 2. The molecule has 1 aliphatic rings. The van der Waals surface area contributed by atoms with Crippen molar-refractivity contribution < 1.29 is 9.69 Å².